The third-order valence-electron chi connectivity index (χ3n) is 3.65. The maximum Gasteiger partial charge on any atom is 0.423 e. The van der Waals surface area contributed by atoms with E-state index in [9.17, 15) is 22.5 Å². The summed E-state index contributed by atoms with van der Waals surface area (Å²) >= 11 is -2.14. The molecule has 2 aromatic rings. The lowest BCUT2D eigenvalue weighted by Crippen LogP contribution is -2.38. The Morgan fingerprint density at radius 2 is 1.81 bits per heavy atom. The van der Waals surface area contributed by atoms with E-state index < -0.39 is 40.4 Å². The molecule has 27 heavy (non-hydrogen) atoms. The quantitative estimate of drug-likeness (QED) is 0.633. The predicted octanol–water partition coefficient (Wildman–Crippen LogP) is 3.36. The van der Waals surface area contributed by atoms with Gasteiger partial charge in [0, 0.05) is 11.9 Å². The van der Waals surface area contributed by atoms with Gasteiger partial charge in [0.2, 0.25) is 11.8 Å². The summed E-state index contributed by atoms with van der Waals surface area (Å²) in [5.41, 5.74) is -2.17. The summed E-state index contributed by atoms with van der Waals surface area (Å²) in [6, 6.07) is 5.64. The van der Waals surface area contributed by atoms with E-state index >= 15 is 0 Å². The van der Waals surface area contributed by atoms with Crippen LogP contribution in [0.4, 0.5) is 24.8 Å². The van der Waals surface area contributed by atoms with Gasteiger partial charge in [0.1, 0.15) is 11.7 Å². The predicted molar refractivity (Wildman–Crippen MR) is 92.2 cm³/mol. The van der Waals surface area contributed by atoms with Crippen molar-refractivity contribution in [3.63, 3.8) is 0 Å². The van der Waals surface area contributed by atoms with Gasteiger partial charge in [0.15, 0.2) is 11.1 Å². The first-order chi connectivity index (χ1) is 12.4. The average Bonchev–Trinajstić information content (AvgIpc) is 2.53. The third kappa shape index (κ3) is 5.62. The molecule has 11 heteroatoms. The molecule has 0 saturated carbocycles. The van der Waals surface area contributed by atoms with Crippen LogP contribution < -0.4 is 10.1 Å². The molecule has 0 aliphatic heterocycles. The van der Waals surface area contributed by atoms with Crippen LogP contribution in [0.2, 0.25) is 0 Å². The zero-order valence-electron chi connectivity index (χ0n) is 14.6. The van der Waals surface area contributed by atoms with Crippen LogP contribution in [0.1, 0.15) is 26.3 Å². The van der Waals surface area contributed by atoms with Crippen molar-refractivity contribution in [2.75, 3.05) is 5.32 Å². The summed E-state index contributed by atoms with van der Waals surface area (Å²) in [5, 5.41) is 12.6. The van der Waals surface area contributed by atoms with E-state index in [1.165, 1.54) is 45.0 Å². The van der Waals surface area contributed by atoms with Gasteiger partial charge in [-0.15, -0.1) is 0 Å². The van der Waals surface area contributed by atoms with Crippen molar-refractivity contribution in [1.29, 1.82) is 0 Å². The number of ether oxygens (including phenoxy) is 1. The summed E-state index contributed by atoms with van der Waals surface area (Å²) < 4.78 is 64.7. The number of aromatic nitrogens is 2. The van der Waals surface area contributed by atoms with Gasteiger partial charge in [0.25, 0.3) is 0 Å². The fourth-order valence-corrected chi connectivity index (χ4v) is 2.18. The standard InChI is InChI=1S/C16H18F3N3O4S/c1-9(15(2,3)23)26-13-12(16(17,18)19)8-20-14(22-13)21-10-4-6-11(7-5-10)27(24)25/h4-9,23H,1-3H3,(H,24,25)(H,20,21,22)/t9-/m1/s1. The molecule has 0 amide bonds. The van der Waals surface area contributed by atoms with Crippen LogP contribution in [0, 0.1) is 0 Å². The van der Waals surface area contributed by atoms with Gasteiger partial charge in [-0.2, -0.15) is 18.2 Å². The Bertz CT molecular complexity index is 823. The number of hydrogen-bond acceptors (Lipinski definition) is 6. The van der Waals surface area contributed by atoms with Gasteiger partial charge < -0.3 is 19.7 Å². The van der Waals surface area contributed by atoms with Crippen molar-refractivity contribution in [3.05, 3.63) is 36.0 Å². The van der Waals surface area contributed by atoms with E-state index in [0.29, 0.717) is 11.9 Å². The molecule has 1 unspecified atom stereocenters. The number of nitrogens with one attached hydrogen (secondary N) is 1. The summed E-state index contributed by atoms with van der Waals surface area (Å²) in [6.07, 6.45) is -5.13. The molecule has 0 radical (unpaired) electrons. The van der Waals surface area contributed by atoms with E-state index in [-0.39, 0.29) is 10.8 Å². The summed E-state index contributed by atoms with van der Waals surface area (Å²) in [6.45, 7) is 4.22. The molecule has 0 bridgehead atoms. The Labute approximate surface area is 155 Å². The van der Waals surface area contributed by atoms with Crippen LogP contribution in [0.15, 0.2) is 35.4 Å². The number of rotatable bonds is 6. The van der Waals surface area contributed by atoms with Crippen LogP contribution in [-0.4, -0.2) is 35.5 Å². The Balaban J connectivity index is 2.32. The number of alkyl halides is 3. The molecule has 0 spiro atoms. The number of anilines is 2. The molecule has 148 valence electrons. The Kier molecular flexibility index (Phi) is 6.07. The van der Waals surface area contributed by atoms with Crippen molar-refractivity contribution in [1.82, 2.24) is 9.97 Å². The second-order valence-corrected chi connectivity index (χ2v) is 7.19. The zero-order chi connectivity index (χ0) is 20.4. The normalized spacial score (nSPS) is 14.5. The number of halogens is 3. The van der Waals surface area contributed by atoms with Crippen LogP contribution in [0.5, 0.6) is 5.88 Å². The first-order valence-corrected chi connectivity index (χ1v) is 8.80. The molecular weight excluding hydrogens is 387 g/mol. The number of aliphatic hydroxyl groups is 1. The fraction of sp³-hybridized carbons (Fsp3) is 0.375. The van der Waals surface area contributed by atoms with Crippen LogP contribution in [-0.2, 0) is 17.3 Å². The third-order valence-corrected chi connectivity index (χ3v) is 4.33. The minimum atomic E-state index is -4.74. The lowest BCUT2D eigenvalue weighted by molar-refractivity contribution is -0.141. The lowest BCUT2D eigenvalue weighted by Gasteiger charge is -2.27. The maximum atomic E-state index is 13.2. The average molecular weight is 405 g/mol. The SMILES string of the molecule is C[C@@H](Oc1nc(Nc2ccc(S(=O)O)cc2)ncc1C(F)(F)F)C(C)(C)O. The molecule has 2 atom stereocenters. The molecule has 1 aromatic heterocycles. The Morgan fingerprint density at radius 1 is 1.22 bits per heavy atom. The van der Waals surface area contributed by atoms with Crippen molar-refractivity contribution >= 4 is 22.7 Å². The smallest absolute Gasteiger partial charge is 0.423 e. The van der Waals surface area contributed by atoms with Gasteiger partial charge in [0.05, 0.1) is 10.5 Å². The number of hydrogen-bond donors (Lipinski definition) is 3. The molecule has 7 nitrogen and oxygen atoms in total. The second kappa shape index (κ2) is 7.79. The second-order valence-electron chi connectivity index (χ2n) is 6.22. The number of nitrogens with zero attached hydrogens (tertiary/aromatic N) is 2. The van der Waals surface area contributed by atoms with E-state index in [1.54, 1.807) is 0 Å². The minimum absolute atomic E-state index is 0.164. The fourth-order valence-electron chi connectivity index (χ4n) is 1.81. The molecule has 2 rings (SSSR count). The summed E-state index contributed by atoms with van der Waals surface area (Å²) in [4.78, 5) is 7.56. The molecule has 0 saturated heterocycles. The summed E-state index contributed by atoms with van der Waals surface area (Å²) in [5.74, 6) is -0.887. The molecule has 0 fully saturated rings. The van der Waals surface area contributed by atoms with Crippen molar-refractivity contribution in [2.24, 2.45) is 0 Å². The van der Waals surface area contributed by atoms with Crippen LogP contribution in [0.3, 0.4) is 0 Å². The molecular formula is C16H18F3N3O4S. The lowest BCUT2D eigenvalue weighted by atomic mass is 10.0. The first kappa shape index (κ1) is 21.1. The van der Waals surface area contributed by atoms with Crippen molar-refractivity contribution in [2.45, 2.75) is 43.5 Å². The summed E-state index contributed by atoms with van der Waals surface area (Å²) in [7, 11) is 0. The monoisotopic (exact) mass is 405 g/mol. The van der Waals surface area contributed by atoms with Gasteiger partial charge in [-0.3, -0.25) is 0 Å². The first-order valence-electron chi connectivity index (χ1n) is 7.69. The highest BCUT2D eigenvalue weighted by atomic mass is 32.2. The maximum absolute atomic E-state index is 13.2. The van der Waals surface area contributed by atoms with Crippen LogP contribution >= 0.6 is 0 Å². The van der Waals surface area contributed by atoms with Gasteiger partial charge in [-0.1, -0.05) is 0 Å². The molecule has 0 aliphatic carbocycles. The molecule has 1 aromatic carbocycles. The zero-order valence-corrected chi connectivity index (χ0v) is 15.4. The Morgan fingerprint density at radius 3 is 2.30 bits per heavy atom. The van der Waals surface area contributed by atoms with Gasteiger partial charge in [-0.05, 0) is 45.0 Å². The topological polar surface area (TPSA) is 105 Å². The van der Waals surface area contributed by atoms with E-state index in [4.69, 9.17) is 9.29 Å². The largest absolute Gasteiger partial charge is 0.471 e. The minimum Gasteiger partial charge on any atom is -0.471 e. The molecule has 1 heterocycles. The van der Waals surface area contributed by atoms with E-state index in [0.717, 1.165) is 0 Å². The molecule has 3 N–H and O–H groups in total. The Hall–Kier alpha value is -2.24. The van der Waals surface area contributed by atoms with Gasteiger partial charge >= 0.3 is 6.18 Å². The number of benzene rings is 1. The van der Waals surface area contributed by atoms with Crippen molar-refractivity contribution in [3.8, 4) is 5.88 Å². The van der Waals surface area contributed by atoms with Crippen molar-refractivity contribution < 1.29 is 31.8 Å². The van der Waals surface area contributed by atoms with Crippen LogP contribution in [0.25, 0.3) is 0 Å². The molecule has 0 aliphatic rings. The highest BCUT2D eigenvalue weighted by molar-refractivity contribution is 7.79. The highest BCUT2D eigenvalue weighted by Crippen LogP contribution is 2.36. The highest BCUT2D eigenvalue weighted by Gasteiger charge is 2.38. The van der Waals surface area contributed by atoms with E-state index in [2.05, 4.69) is 15.3 Å². The van der Waals surface area contributed by atoms with Gasteiger partial charge in [-0.25, -0.2) is 9.19 Å². The van der Waals surface area contributed by atoms with E-state index in [1.807, 2.05) is 0 Å².